The molecule has 0 fully saturated rings. The van der Waals surface area contributed by atoms with Crippen LogP contribution in [0.25, 0.3) is 0 Å². The number of carbonyl (C=O) groups excluding carboxylic acids is 2. The van der Waals surface area contributed by atoms with E-state index in [1.54, 1.807) is 20.1 Å². The molecule has 8 heteroatoms. The van der Waals surface area contributed by atoms with Crippen LogP contribution in [0.2, 0.25) is 5.02 Å². The molecule has 29 heavy (non-hydrogen) atoms. The maximum atomic E-state index is 13.9. The zero-order valence-corrected chi connectivity index (χ0v) is 18.1. The minimum Gasteiger partial charge on any atom is -0.497 e. The molecule has 156 valence electrons. The van der Waals surface area contributed by atoms with Gasteiger partial charge < -0.3 is 15.0 Å². The normalized spacial score (nSPS) is 11.6. The molecule has 0 bridgehead atoms. The highest BCUT2D eigenvalue weighted by molar-refractivity contribution is 7.99. The van der Waals surface area contributed by atoms with Crippen molar-refractivity contribution in [2.24, 2.45) is 0 Å². The average molecular weight is 439 g/mol. The number of nitrogens with zero attached hydrogens (tertiary/aromatic N) is 1. The van der Waals surface area contributed by atoms with Gasteiger partial charge in [-0.3, -0.25) is 9.59 Å². The number of rotatable bonds is 9. The van der Waals surface area contributed by atoms with Gasteiger partial charge in [0.25, 0.3) is 0 Å². The van der Waals surface area contributed by atoms with Gasteiger partial charge in [-0.15, -0.1) is 11.8 Å². The van der Waals surface area contributed by atoms with E-state index in [1.165, 1.54) is 35.8 Å². The van der Waals surface area contributed by atoms with Crippen molar-refractivity contribution in [3.63, 3.8) is 0 Å². The van der Waals surface area contributed by atoms with Crippen molar-refractivity contribution in [1.29, 1.82) is 0 Å². The second kappa shape index (κ2) is 11.1. The fourth-order valence-corrected chi connectivity index (χ4v) is 4.00. The van der Waals surface area contributed by atoms with E-state index in [0.29, 0.717) is 16.3 Å². The summed E-state index contributed by atoms with van der Waals surface area (Å²) < 4.78 is 19.1. The monoisotopic (exact) mass is 438 g/mol. The molecule has 0 spiro atoms. The number of hydrogen-bond donors (Lipinski definition) is 1. The van der Waals surface area contributed by atoms with Crippen LogP contribution >= 0.6 is 23.4 Å². The second-order valence-electron chi connectivity index (χ2n) is 6.36. The Morgan fingerprint density at radius 1 is 1.28 bits per heavy atom. The standard InChI is InChI=1S/C21H24ClFN2O3S/c1-14(21(27)24-2)25(11-15-6-4-7-16(10-15)28-3)20(26)13-29-12-17-18(22)8-5-9-19(17)23/h4-10,14H,11-13H2,1-3H3,(H,24,27)/t14-/m0/s1. The fraction of sp³-hybridized carbons (Fsp3) is 0.333. The first kappa shape index (κ1) is 23.0. The van der Waals surface area contributed by atoms with Gasteiger partial charge >= 0.3 is 0 Å². The van der Waals surface area contributed by atoms with Gasteiger partial charge in [0.1, 0.15) is 17.6 Å². The molecule has 1 atom stereocenters. The Labute approximate surface area is 179 Å². The largest absolute Gasteiger partial charge is 0.497 e. The Balaban J connectivity index is 2.10. The lowest BCUT2D eigenvalue weighted by atomic mass is 10.1. The van der Waals surface area contributed by atoms with Crippen LogP contribution in [-0.2, 0) is 21.9 Å². The first-order chi connectivity index (χ1) is 13.9. The van der Waals surface area contributed by atoms with Crippen LogP contribution in [0, 0.1) is 5.82 Å². The smallest absolute Gasteiger partial charge is 0.242 e. The van der Waals surface area contributed by atoms with Gasteiger partial charge in [-0.25, -0.2) is 4.39 Å². The number of methoxy groups -OCH3 is 1. The number of halogens is 2. The third kappa shape index (κ3) is 6.37. The van der Waals surface area contributed by atoms with Gasteiger partial charge in [0.05, 0.1) is 12.9 Å². The number of nitrogens with one attached hydrogen (secondary N) is 1. The molecular weight excluding hydrogens is 415 g/mol. The molecule has 0 saturated carbocycles. The quantitative estimate of drug-likeness (QED) is 0.645. The highest BCUT2D eigenvalue weighted by Gasteiger charge is 2.25. The molecule has 0 heterocycles. The van der Waals surface area contributed by atoms with Gasteiger partial charge in [0.2, 0.25) is 11.8 Å². The minimum absolute atomic E-state index is 0.0932. The zero-order valence-electron chi connectivity index (χ0n) is 16.6. The van der Waals surface area contributed by atoms with Crippen molar-refractivity contribution in [2.45, 2.75) is 25.3 Å². The van der Waals surface area contributed by atoms with Crippen molar-refractivity contribution < 1.29 is 18.7 Å². The lowest BCUT2D eigenvalue weighted by Gasteiger charge is -2.28. The van der Waals surface area contributed by atoms with E-state index >= 15 is 0 Å². The van der Waals surface area contributed by atoms with E-state index in [2.05, 4.69) is 5.32 Å². The molecule has 2 amide bonds. The van der Waals surface area contributed by atoms with Crippen LogP contribution in [-0.4, -0.2) is 42.7 Å². The van der Waals surface area contributed by atoms with E-state index in [0.717, 1.165) is 5.56 Å². The number of carbonyl (C=O) groups is 2. The fourth-order valence-electron chi connectivity index (χ4n) is 2.75. The summed E-state index contributed by atoms with van der Waals surface area (Å²) in [6.07, 6.45) is 0. The lowest BCUT2D eigenvalue weighted by Crippen LogP contribution is -2.47. The van der Waals surface area contributed by atoms with Crippen molar-refractivity contribution in [3.8, 4) is 5.75 Å². The summed E-state index contributed by atoms with van der Waals surface area (Å²) in [5.74, 6) is 0.148. The summed E-state index contributed by atoms with van der Waals surface area (Å²) in [7, 11) is 3.10. The summed E-state index contributed by atoms with van der Waals surface area (Å²) in [6, 6.07) is 11.2. The first-order valence-electron chi connectivity index (χ1n) is 9.02. The zero-order chi connectivity index (χ0) is 21.4. The molecule has 1 N–H and O–H groups in total. The van der Waals surface area contributed by atoms with E-state index in [4.69, 9.17) is 16.3 Å². The molecule has 0 aliphatic carbocycles. The molecule has 0 aliphatic rings. The number of hydrogen-bond acceptors (Lipinski definition) is 4. The van der Waals surface area contributed by atoms with Crippen molar-refractivity contribution in [2.75, 3.05) is 19.9 Å². The summed E-state index contributed by atoms with van der Waals surface area (Å²) >= 11 is 7.29. The van der Waals surface area contributed by atoms with Crippen LogP contribution in [0.4, 0.5) is 4.39 Å². The third-order valence-electron chi connectivity index (χ3n) is 4.43. The van der Waals surface area contributed by atoms with Crippen LogP contribution < -0.4 is 10.1 Å². The van der Waals surface area contributed by atoms with Crippen LogP contribution in [0.3, 0.4) is 0 Å². The molecule has 2 aromatic carbocycles. The van der Waals surface area contributed by atoms with Crippen molar-refractivity contribution in [1.82, 2.24) is 10.2 Å². The molecule has 0 radical (unpaired) electrons. The topological polar surface area (TPSA) is 58.6 Å². The molecule has 5 nitrogen and oxygen atoms in total. The Morgan fingerprint density at radius 2 is 2.00 bits per heavy atom. The highest BCUT2D eigenvalue weighted by Crippen LogP contribution is 2.24. The van der Waals surface area contributed by atoms with Gasteiger partial charge in [-0.05, 0) is 36.8 Å². The number of ether oxygens (including phenoxy) is 1. The minimum atomic E-state index is -0.656. The second-order valence-corrected chi connectivity index (χ2v) is 7.75. The molecule has 2 aromatic rings. The van der Waals surface area contributed by atoms with E-state index in [-0.39, 0.29) is 29.9 Å². The highest BCUT2D eigenvalue weighted by atomic mass is 35.5. The van der Waals surface area contributed by atoms with E-state index in [9.17, 15) is 14.0 Å². The summed E-state index contributed by atoms with van der Waals surface area (Å²) in [6.45, 7) is 1.93. The number of benzene rings is 2. The summed E-state index contributed by atoms with van der Waals surface area (Å²) in [5, 5.41) is 2.90. The maximum Gasteiger partial charge on any atom is 0.242 e. The predicted molar refractivity (Wildman–Crippen MR) is 115 cm³/mol. The maximum absolute atomic E-state index is 13.9. The molecule has 0 aliphatic heterocycles. The summed E-state index contributed by atoms with van der Waals surface area (Å²) in [5.41, 5.74) is 1.21. The molecule has 0 saturated heterocycles. The predicted octanol–water partition coefficient (Wildman–Crippen LogP) is 3.88. The van der Waals surface area contributed by atoms with Gasteiger partial charge in [-0.1, -0.05) is 29.8 Å². The Morgan fingerprint density at radius 3 is 2.66 bits per heavy atom. The average Bonchev–Trinajstić information content (AvgIpc) is 2.73. The Bertz CT molecular complexity index is 845. The Hall–Kier alpha value is -2.25. The van der Waals surface area contributed by atoms with Crippen LogP contribution in [0.5, 0.6) is 5.75 Å². The molecular formula is C21H24ClFN2O3S. The SMILES string of the molecule is CNC(=O)[C@H](C)N(Cc1cccc(OC)c1)C(=O)CSCc1c(F)cccc1Cl. The van der Waals surface area contributed by atoms with Gasteiger partial charge in [-0.2, -0.15) is 0 Å². The van der Waals surface area contributed by atoms with Crippen LogP contribution in [0.1, 0.15) is 18.1 Å². The van der Waals surface area contributed by atoms with Gasteiger partial charge in [0.15, 0.2) is 0 Å². The van der Waals surface area contributed by atoms with E-state index in [1.807, 2.05) is 24.3 Å². The molecule has 2 rings (SSSR count). The van der Waals surface area contributed by atoms with Gasteiger partial charge in [0, 0.05) is 29.9 Å². The Kier molecular flexibility index (Phi) is 8.79. The lowest BCUT2D eigenvalue weighted by molar-refractivity contribution is -0.138. The van der Waals surface area contributed by atoms with Crippen LogP contribution in [0.15, 0.2) is 42.5 Å². The number of thioether (sulfide) groups is 1. The molecule has 0 aromatic heterocycles. The number of amides is 2. The summed E-state index contributed by atoms with van der Waals surface area (Å²) in [4.78, 5) is 26.5. The third-order valence-corrected chi connectivity index (χ3v) is 5.73. The first-order valence-corrected chi connectivity index (χ1v) is 10.5. The van der Waals surface area contributed by atoms with Crippen molar-refractivity contribution in [3.05, 3.63) is 64.4 Å². The van der Waals surface area contributed by atoms with Crippen molar-refractivity contribution >= 4 is 35.2 Å². The number of likely N-dealkylation sites (N-methyl/N-ethyl adjacent to an activating group) is 1. The van der Waals surface area contributed by atoms with E-state index < -0.39 is 11.9 Å². The molecule has 0 unspecified atom stereocenters.